The predicted molar refractivity (Wildman–Crippen MR) is 114 cm³/mol. The highest BCUT2D eigenvalue weighted by molar-refractivity contribution is 14.0. The Kier molecular flexibility index (Phi) is 5.01. The summed E-state index contributed by atoms with van der Waals surface area (Å²) in [6, 6.07) is 0. The lowest BCUT2D eigenvalue weighted by atomic mass is 9.85. The lowest BCUT2D eigenvalue weighted by Gasteiger charge is -2.20. The van der Waals surface area contributed by atoms with Crippen molar-refractivity contribution in [2.75, 3.05) is 26.7 Å². The number of carbonyl (C=O) groups excluding carboxylic acids is 2. The second-order valence-electron chi connectivity index (χ2n) is 8.82. The van der Waals surface area contributed by atoms with Gasteiger partial charge in [0, 0.05) is 26.7 Å². The van der Waals surface area contributed by atoms with Crippen molar-refractivity contribution in [3.05, 3.63) is 12.2 Å². The SMILES string of the molecule is CN=C(NCCN1C(=O)C2C3C=CC(C3)C2C1=O)NCC1(C2CC2)CC1.I. The summed E-state index contributed by atoms with van der Waals surface area (Å²) >= 11 is 0. The van der Waals surface area contributed by atoms with Crippen LogP contribution in [0.1, 0.15) is 32.1 Å². The fourth-order valence-corrected chi connectivity index (χ4v) is 5.54. The topological polar surface area (TPSA) is 73.8 Å². The van der Waals surface area contributed by atoms with Gasteiger partial charge in [-0.1, -0.05) is 12.2 Å². The summed E-state index contributed by atoms with van der Waals surface area (Å²) in [6.45, 7) is 1.96. The van der Waals surface area contributed by atoms with Crippen molar-refractivity contribution >= 4 is 41.8 Å². The fraction of sp³-hybridized carbons (Fsp3) is 0.750. The zero-order chi connectivity index (χ0) is 17.9. The Labute approximate surface area is 177 Å². The summed E-state index contributed by atoms with van der Waals surface area (Å²) in [6.07, 6.45) is 10.7. The number of likely N-dealkylation sites (tertiary alicyclic amines) is 1. The van der Waals surface area contributed by atoms with E-state index in [1.165, 1.54) is 30.6 Å². The molecule has 3 saturated carbocycles. The van der Waals surface area contributed by atoms with Gasteiger partial charge < -0.3 is 10.6 Å². The number of aliphatic imine (C=N–C) groups is 1. The molecule has 5 rings (SSSR count). The van der Waals surface area contributed by atoms with Crippen molar-refractivity contribution in [1.82, 2.24) is 15.5 Å². The number of hydrogen-bond donors (Lipinski definition) is 2. The number of guanidine groups is 1. The van der Waals surface area contributed by atoms with Crippen molar-refractivity contribution in [3.8, 4) is 0 Å². The first-order chi connectivity index (χ1) is 12.6. The van der Waals surface area contributed by atoms with E-state index in [4.69, 9.17) is 0 Å². The zero-order valence-corrected chi connectivity index (χ0v) is 18.1. The molecule has 0 radical (unpaired) electrons. The maximum atomic E-state index is 12.7. The van der Waals surface area contributed by atoms with Gasteiger partial charge in [0.2, 0.25) is 11.8 Å². The van der Waals surface area contributed by atoms with Crippen molar-refractivity contribution in [2.45, 2.75) is 32.1 Å². The second kappa shape index (κ2) is 7.04. The van der Waals surface area contributed by atoms with E-state index in [1.54, 1.807) is 7.05 Å². The minimum atomic E-state index is -0.0943. The molecule has 4 fully saturated rings. The van der Waals surface area contributed by atoms with E-state index >= 15 is 0 Å². The van der Waals surface area contributed by atoms with Gasteiger partial charge in [-0.05, 0) is 55.3 Å². The first kappa shape index (κ1) is 19.2. The van der Waals surface area contributed by atoms with Gasteiger partial charge in [-0.15, -0.1) is 24.0 Å². The van der Waals surface area contributed by atoms with Crippen LogP contribution in [0.5, 0.6) is 0 Å². The largest absolute Gasteiger partial charge is 0.356 e. The summed E-state index contributed by atoms with van der Waals surface area (Å²) in [7, 11) is 1.77. The van der Waals surface area contributed by atoms with Gasteiger partial charge in [-0.3, -0.25) is 19.5 Å². The molecule has 4 unspecified atom stereocenters. The monoisotopic (exact) mass is 484 g/mol. The average Bonchev–Trinajstić information content (AvgIpc) is 3.55. The highest BCUT2D eigenvalue weighted by Crippen LogP contribution is 2.60. The second-order valence-corrected chi connectivity index (χ2v) is 8.82. The Hall–Kier alpha value is -1.12. The van der Waals surface area contributed by atoms with Crippen LogP contribution in [-0.4, -0.2) is 49.4 Å². The molecule has 2 amide bonds. The maximum Gasteiger partial charge on any atom is 0.233 e. The van der Waals surface area contributed by atoms with Gasteiger partial charge in [0.15, 0.2) is 5.96 Å². The van der Waals surface area contributed by atoms with E-state index in [0.29, 0.717) is 18.5 Å². The molecule has 1 saturated heterocycles. The quantitative estimate of drug-likeness (QED) is 0.198. The third-order valence-electron chi connectivity index (χ3n) is 7.36. The minimum Gasteiger partial charge on any atom is -0.356 e. The Morgan fingerprint density at radius 3 is 2.30 bits per heavy atom. The van der Waals surface area contributed by atoms with Gasteiger partial charge in [0.05, 0.1) is 11.8 Å². The first-order valence-corrected chi connectivity index (χ1v) is 10.1. The van der Waals surface area contributed by atoms with Crippen molar-refractivity contribution in [2.24, 2.45) is 40.0 Å². The van der Waals surface area contributed by atoms with Gasteiger partial charge >= 0.3 is 0 Å². The molecule has 27 heavy (non-hydrogen) atoms. The van der Waals surface area contributed by atoms with Crippen LogP contribution in [0.3, 0.4) is 0 Å². The summed E-state index contributed by atoms with van der Waals surface area (Å²) in [5, 5.41) is 6.72. The Balaban J connectivity index is 0.00000180. The molecule has 1 heterocycles. The summed E-state index contributed by atoms with van der Waals surface area (Å²) in [5.41, 5.74) is 0.516. The molecular weight excluding hydrogens is 455 g/mol. The number of carbonyl (C=O) groups is 2. The number of imide groups is 1. The Morgan fingerprint density at radius 2 is 1.78 bits per heavy atom. The zero-order valence-electron chi connectivity index (χ0n) is 15.8. The predicted octanol–water partition coefficient (Wildman–Crippen LogP) is 1.77. The lowest BCUT2D eigenvalue weighted by Crippen LogP contribution is -2.45. The van der Waals surface area contributed by atoms with E-state index in [2.05, 4.69) is 27.8 Å². The molecule has 0 aromatic heterocycles. The van der Waals surface area contributed by atoms with Gasteiger partial charge in [-0.25, -0.2) is 0 Å². The summed E-state index contributed by atoms with van der Waals surface area (Å²) < 4.78 is 0. The highest BCUT2D eigenvalue weighted by Gasteiger charge is 2.59. The third-order valence-corrected chi connectivity index (χ3v) is 7.36. The number of hydrogen-bond acceptors (Lipinski definition) is 3. The number of nitrogens with one attached hydrogen (secondary N) is 2. The number of halogens is 1. The number of amides is 2. The van der Waals surface area contributed by atoms with Crippen molar-refractivity contribution in [1.29, 1.82) is 0 Å². The van der Waals surface area contributed by atoms with Crippen LogP contribution in [0, 0.1) is 35.0 Å². The molecule has 6 nitrogen and oxygen atoms in total. The normalized spacial score (nSPS) is 35.3. The first-order valence-electron chi connectivity index (χ1n) is 10.1. The number of rotatable bonds is 6. The minimum absolute atomic E-state index is 0. The molecule has 1 aliphatic heterocycles. The van der Waals surface area contributed by atoms with E-state index in [9.17, 15) is 9.59 Å². The molecule has 5 aliphatic rings. The smallest absolute Gasteiger partial charge is 0.233 e. The fourth-order valence-electron chi connectivity index (χ4n) is 5.54. The lowest BCUT2D eigenvalue weighted by molar-refractivity contribution is -0.140. The molecule has 2 bridgehead atoms. The summed E-state index contributed by atoms with van der Waals surface area (Å²) in [5.74, 6) is 2.14. The van der Waals surface area contributed by atoms with Crippen LogP contribution in [0.2, 0.25) is 0 Å². The van der Waals surface area contributed by atoms with E-state index < -0.39 is 0 Å². The molecule has 4 aliphatic carbocycles. The number of fused-ring (bicyclic) bond motifs is 5. The van der Waals surface area contributed by atoms with Crippen LogP contribution in [0.15, 0.2) is 17.1 Å². The van der Waals surface area contributed by atoms with Crippen LogP contribution >= 0.6 is 24.0 Å². The number of nitrogens with zero attached hydrogens (tertiary/aromatic N) is 2. The molecule has 0 aromatic rings. The molecule has 0 aromatic carbocycles. The molecule has 4 atom stereocenters. The maximum absolute atomic E-state index is 12.7. The average molecular weight is 484 g/mol. The standard InChI is InChI=1S/C20H28N4O2.HI/c1-21-19(23-11-20(6-7-20)14-4-5-14)22-8-9-24-17(25)15-12-2-3-13(10-12)16(15)18(24)26;/h2-3,12-16H,4-11H2,1H3,(H2,21,22,23);1H. The third kappa shape index (κ3) is 3.19. The summed E-state index contributed by atoms with van der Waals surface area (Å²) in [4.78, 5) is 31.1. The van der Waals surface area contributed by atoms with Crippen LogP contribution in [0.25, 0.3) is 0 Å². The molecule has 0 spiro atoms. The Morgan fingerprint density at radius 1 is 1.15 bits per heavy atom. The van der Waals surface area contributed by atoms with Gasteiger partial charge in [0.25, 0.3) is 0 Å². The number of allylic oxidation sites excluding steroid dienone is 2. The van der Waals surface area contributed by atoms with Gasteiger partial charge in [0.1, 0.15) is 0 Å². The van der Waals surface area contributed by atoms with Crippen LogP contribution in [-0.2, 0) is 9.59 Å². The molecule has 7 heteroatoms. The Bertz CT molecular complexity index is 668. The van der Waals surface area contributed by atoms with Crippen molar-refractivity contribution < 1.29 is 9.59 Å². The van der Waals surface area contributed by atoms with E-state index in [-0.39, 0.29) is 59.5 Å². The van der Waals surface area contributed by atoms with Crippen molar-refractivity contribution in [3.63, 3.8) is 0 Å². The molecular formula is C20H29IN4O2. The highest BCUT2D eigenvalue weighted by atomic mass is 127. The van der Waals surface area contributed by atoms with Gasteiger partial charge in [-0.2, -0.15) is 0 Å². The van der Waals surface area contributed by atoms with Crippen LogP contribution < -0.4 is 10.6 Å². The molecule has 148 valence electrons. The van der Waals surface area contributed by atoms with Crippen LogP contribution in [0.4, 0.5) is 0 Å². The van der Waals surface area contributed by atoms with E-state index in [0.717, 1.165) is 24.8 Å². The van der Waals surface area contributed by atoms with E-state index in [1.807, 2.05) is 0 Å². The molecule has 2 N–H and O–H groups in total.